The van der Waals surface area contributed by atoms with Gasteiger partial charge in [0.15, 0.2) is 11.7 Å². The summed E-state index contributed by atoms with van der Waals surface area (Å²) < 4.78 is 42.7. The summed E-state index contributed by atoms with van der Waals surface area (Å²) in [6.07, 6.45) is -4.76. The molecule has 2 aliphatic heterocycles. The van der Waals surface area contributed by atoms with Gasteiger partial charge < -0.3 is 15.1 Å². The minimum Gasteiger partial charge on any atom is -0.368 e. The highest BCUT2D eigenvalue weighted by molar-refractivity contribution is 6.31. The van der Waals surface area contributed by atoms with Gasteiger partial charge in [0.05, 0.1) is 6.04 Å². The van der Waals surface area contributed by atoms with E-state index in [1.165, 1.54) is 6.07 Å². The number of fused-ring (bicyclic) bond motifs is 1. The highest BCUT2D eigenvalue weighted by Crippen LogP contribution is 2.43. The summed E-state index contributed by atoms with van der Waals surface area (Å²) in [7, 11) is 0. The van der Waals surface area contributed by atoms with Gasteiger partial charge in [-0.15, -0.1) is 0 Å². The SMILES string of the molecule is O=C(c1cc2n(n1)[C@@H](C(F)(F)F)C[C@H](c1ccc(Cl)cc1)N2)N1CCN(c2cccc(Cl)c2)CC1. The quantitative estimate of drug-likeness (QED) is 0.470. The highest BCUT2D eigenvalue weighted by atomic mass is 35.5. The van der Waals surface area contributed by atoms with Crippen molar-refractivity contribution in [3.05, 3.63) is 75.9 Å². The third-order valence-electron chi connectivity index (χ3n) is 6.42. The maximum absolute atomic E-state index is 14.0. The summed E-state index contributed by atoms with van der Waals surface area (Å²) in [5.41, 5.74) is 1.64. The van der Waals surface area contributed by atoms with Gasteiger partial charge in [0, 0.05) is 54.4 Å². The molecule has 1 amide bonds. The van der Waals surface area contributed by atoms with Gasteiger partial charge in [0.25, 0.3) is 5.91 Å². The fourth-order valence-electron chi connectivity index (χ4n) is 4.59. The fraction of sp³-hybridized carbons (Fsp3) is 0.333. The van der Waals surface area contributed by atoms with Crippen LogP contribution in [0.1, 0.15) is 34.6 Å². The van der Waals surface area contributed by atoms with E-state index >= 15 is 0 Å². The zero-order valence-corrected chi connectivity index (χ0v) is 20.0. The number of amides is 1. The number of piperazine rings is 1. The molecular weight excluding hydrogens is 502 g/mol. The molecule has 1 fully saturated rings. The van der Waals surface area contributed by atoms with Crippen molar-refractivity contribution in [2.45, 2.75) is 24.7 Å². The van der Waals surface area contributed by atoms with Crippen LogP contribution in [0.4, 0.5) is 24.7 Å². The van der Waals surface area contributed by atoms with Crippen molar-refractivity contribution >= 4 is 40.6 Å². The molecule has 1 N–H and O–H groups in total. The van der Waals surface area contributed by atoms with Gasteiger partial charge >= 0.3 is 6.18 Å². The predicted molar refractivity (Wildman–Crippen MR) is 129 cm³/mol. The summed E-state index contributed by atoms with van der Waals surface area (Å²) >= 11 is 12.0. The molecule has 5 rings (SSSR count). The molecule has 35 heavy (non-hydrogen) atoms. The molecular formula is C24H22Cl2F3N5O. The number of anilines is 2. The normalized spacial score (nSPS) is 20.4. The van der Waals surface area contributed by atoms with E-state index in [-0.39, 0.29) is 23.8 Å². The monoisotopic (exact) mass is 523 g/mol. The van der Waals surface area contributed by atoms with Crippen LogP contribution in [0.2, 0.25) is 10.0 Å². The van der Waals surface area contributed by atoms with Crippen molar-refractivity contribution in [3.8, 4) is 0 Å². The van der Waals surface area contributed by atoms with E-state index in [9.17, 15) is 18.0 Å². The number of carbonyl (C=O) groups is 1. The fourth-order valence-corrected chi connectivity index (χ4v) is 4.90. The van der Waals surface area contributed by atoms with E-state index in [1.807, 2.05) is 18.2 Å². The first-order chi connectivity index (χ1) is 16.7. The lowest BCUT2D eigenvalue weighted by Crippen LogP contribution is -2.49. The van der Waals surface area contributed by atoms with Gasteiger partial charge in [-0.1, -0.05) is 41.4 Å². The minimum atomic E-state index is -4.52. The summed E-state index contributed by atoms with van der Waals surface area (Å²) in [6.45, 7) is 2.03. The maximum atomic E-state index is 14.0. The summed E-state index contributed by atoms with van der Waals surface area (Å²) in [5.74, 6) is -0.220. The molecule has 0 bridgehead atoms. The number of nitrogens with zero attached hydrogens (tertiary/aromatic N) is 4. The third kappa shape index (κ3) is 4.92. The smallest absolute Gasteiger partial charge is 0.368 e. The Morgan fingerprint density at radius 3 is 2.34 bits per heavy atom. The van der Waals surface area contributed by atoms with E-state index in [0.717, 1.165) is 10.4 Å². The van der Waals surface area contributed by atoms with Gasteiger partial charge in [0.2, 0.25) is 0 Å². The van der Waals surface area contributed by atoms with E-state index < -0.39 is 18.3 Å². The molecule has 1 aromatic heterocycles. The second-order valence-corrected chi connectivity index (χ2v) is 9.53. The zero-order chi connectivity index (χ0) is 24.7. The van der Waals surface area contributed by atoms with E-state index in [0.29, 0.717) is 41.8 Å². The zero-order valence-electron chi connectivity index (χ0n) is 18.5. The van der Waals surface area contributed by atoms with Crippen LogP contribution < -0.4 is 10.2 Å². The van der Waals surface area contributed by atoms with Crippen LogP contribution in [-0.2, 0) is 0 Å². The molecule has 0 aliphatic carbocycles. The number of aromatic nitrogens is 2. The molecule has 1 saturated heterocycles. The lowest BCUT2D eigenvalue weighted by atomic mass is 9.97. The average Bonchev–Trinajstić information content (AvgIpc) is 3.27. The Morgan fingerprint density at radius 1 is 0.971 bits per heavy atom. The average molecular weight is 524 g/mol. The van der Waals surface area contributed by atoms with E-state index in [2.05, 4.69) is 15.3 Å². The van der Waals surface area contributed by atoms with Crippen LogP contribution in [-0.4, -0.2) is 52.9 Å². The first kappa shape index (κ1) is 23.8. The number of hydrogen-bond donors (Lipinski definition) is 1. The number of rotatable bonds is 3. The van der Waals surface area contributed by atoms with E-state index in [1.54, 1.807) is 35.2 Å². The second-order valence-electron chi connectivity index (χ2n) is 8.66. The van der Waals surface area contributed by atoms with Gasteiger partial charge in [-0.3, -0.25) is 4.79 Å². The molecule has 0 radical (unpaired) electrons. The number of benzene rings is 2. The number of hydrogen-bond acceptors (Lipinski definition) is 4. The van der Waals surface area contributed by atoms with Crippen molar-refractivity contribution in [1.82, 2.24) is 14.7 Å². The van der Waals surface area contributed by atoms with Gasteiger partial charge in [-0.25, -0.2) is 4.68 Å². The second kappa shape index (κ2) is 9.28. The molecule has 0 unspecified atom stereocenters. The number of alkyl halides is 3. The lowest BCUT2D eigenvalue weighted by Gasteiger charge is -2.35. The Kier molecular flexibility index (Phi) is 6.31. The molecule has 2 atom stereocenters. The van der Waals surface area contributed by atoms with Crippen molar-refractivity contribution in [3.63, 3.8) is 0 Å². The number of carbonyl (C=O) groups excluding carboxylic acids is 1. The molecule has 0 spiro atoms. The Labute approximate surface area is 210 Å². The van der Waals surface area contributed by atoms with Crippen LogP contribution in [0.15, 0.2) is 54.6 Å². The molecule has 0 saturated carbocycles. The standard InChI is InChI=1S/C24H22Cl2F3N5O/c25-16-6-4-15(5-7-16)19-13-21(24(27,28)29)34-22(30-19)14-20(31-34)23(35)33-10-8-32(9-11-33)18-3-1-2-17(26)12-18/h1-7,12,14,19,21,30H,8-11,13H2/t19-,21-/m1/s1. The molecule has 3 heterocycles. The Hall–Kier alpha value is -2.91. The van der Waals surface area contributed by atoms with Crippen LogP contribution in [0.25, 0.3) is 0 Å². The maximum Gasteiger partial charge on any atom is 0.410 e. The molecule has 3 aromatic rings. The van der Waals surface area contributed by atoms with Gasteiger partial charge in [-0.2, -0.15) is 18.3 Å². The summed E-state index contributed by atoms with van der Waals surface area (Å²) in [5, 5.41) is 8.35. The summed E-state index contributed by atoms with van der Waals surface area (Å²) in [6, 6.07) is 13.1. The first-order valence-electron chi connectivity index (χ1n) is 11.2. The Bertz CT molecular complexity index is 1220. The Balaban J connectivity index is 1.34. The van der Waals surface area contributed by atoms with Crippen LogP contribution >= 0.6 is 23.2 Å². The highest BCUT2D eigenvalue weighted by Gasteiger charge is 2.47. The number of nitrogens with one attached hydrogen (secondary N) is 1. The van der Waals surface area contributed by atoms with Crippen LogP contribution in [0.5, 0.6) is 0 Å². The van der Waals surface area contributed by atoms with Crippen molar-refractivity contribution in [2.24, 2.45) is 0 Å². The van der Waals surface area contributed by atoms with Crippen molar-refractivity contribution in [2.75, 3.05) is 36.4 Å². The largest absolute Gasteiger partial charge is 0.410 e. The van der Waals surface area contributed by atoms with Crippen LogP contribution in [0, 0.1) is 0 Å². The first-order valence-corrected chi connectivity index (χ1v) is 11.9. The van der Waals surface area contributed by atoms with Gasteiger partial charge in [-0.05, 0) is 35.9 Å². The summed E-state index contributed by atoms with van der Waals surface area (Å²) in [4.78, 5) is 16.9. The third-order valence-corrected chi connectivity index (χ3v) is 6.91. The van der Waals surface area contributed by atoms with Crippen molar-refractivity contribution in [1.29, 1.82) is 0 Å². The van der Waals surface area contributed by atoms with Gasteiger partial charge in [0.1, 0.15) is 5.82 Å². The topological polar surface area (TPSA) is 53.4 Å². The molecule has 2 aliphatic rings. The molecule has 11 heteroatoms. The molecule has 184 valence electrons. The van der Waals surface area contributed by atoms with E-state index in [4.69, 9.17) is 23.2 Å². The van der Waals surface area contributed by atoms with Crippen LogP contribution in [0.3, 0.4) is 0 Å². The number of halogens is 5. The lowest BCUT2D eigenvalue weighted by molar-refractivity contribution is -0.173. The minimum absolute atomic E-state index is 0.00490. The Morgan fingerprint density at radius 2 is 1.69 bits per heavy atom. The van der Waals surface area contributed by atoms with Crippen molar-refractivity contribution < 1.29 is 18.0 Å². The molecule has 6 nitrogen and oxygen atoms in total. The predicted octanol–water partition coefficient (Wildman–Crippen LogP) is 5.81. The molecule has 2 aromatic carbocycles.